The maximum atomic E-state index is 14.1. The van der Waals surface area contributed by atoms with E-state index in [0.29, 0.717) is 0 Å². The van der Waals surface area contributed by atoms with Gasteiger partial charge in [-0.05, 0) is 0 Å². The van der Waals surface area contributed by atoms with Crippen molar-refractivity contribution in [2.45, 2.75) is 47.9 Å². The minimum atomic E-state index is -8.27. The molecule has 1 aromatic heterocycles. The van der Waals surface area contributed by atoms with Crippen LogP contribution in [0.1, 0.15) is 11.1 Å². The lowest BCUT2D eigenvalue weighted by Crippen LogP contribution is -2.66. The van der Waals surface area contributed by atoms with Gasteiger partial charge >= 0.3 is 47.9 Å². The maximum Gasteiger partial charge on any atom is 0.438 e. The van der Waals surface area contributed by atoms with Crippen molar-refractivity contribution in [1.29, 1.82) is 0 Å². The maximum absolute atomic E-state index is 14.1. The van der Waals surface area contributed by atoms with E-state index < -0.39 is 70.9 Å². The summed E-state index contributed by atoms with van der Waals surface area (Å²) in [6.07, 6.45) is -32.1. The molecule has 1 aromatic rings. The molecule has 0 bridgehead atoms. The van der Waals surface area contributed by atoms with E-state index in [-0.39, 0.29) is 0 Å². The smallest absolute Gasteiger partial charge is 0.216 e. The molecule has 34 heavy (non-hydrogen) atoms. The minimum absolute atomic E-state index is 1.31. The number of rotatable bonds is 4. The summed E-state index contributed by atoms with van der Waals surface area (Å²) in [6, 6.07) is 0. The van der Waals surface area contributed by atoms with Crippen molar-refractivity contribution in [3.63, 3.8) is 0 Å². The first-order valence-electron chi connectivity index (χ1n) is 7.18. The first-order chi connectivity index (χ1) is 14.5. The topological polar surface area (TPSA) is 25.8 Å². The van der Waals surface area contributed by atoms with Gasteiger partial charge in [-0.2, -0.15) is 79.0 Å². The van der Waals surface area contributed by atoms with Crippen molar-refractivity contribution >= 4 is 0 Å². The highest BCUT2D eigenvalue weighted by Gasteiger charge is 2.89. The summed E-state index contributed by atoms with van der Waals surface area (Å²) in [5, 5.41) is 2.62. The van der Waals surface area contributed by atoms with Crippen LogP contribution in [-0.4, -0.2) is 46.2 Å². The van der Waals surface area contributed by atoms with E-state index in [2.05, 4.69) is 0 Å². The normalized spacial score (nSPS) is 15.6. The van der Waals surface area contributed by atoms with Gasteiger partial charge in [-0.3, -0.25) is 0 Å². The van der Waals surface area contributed by atoms with E-state index in [0.717, 1.165) is 0 Å². The van der Waals surface area contributed by atoms with Gasteiger partial charge in [0.15, 0.2) is 0 Å². The summed E-state index contributed by atoms with van der Waals surface area (Å²) >= 11 is 0. The molecule has 0 amide bonds. The Hall–Kier alpha value is -2.32. The minimum Gasteiger partial charge on any atom is -0.216 e. The van der Waals surface area contributed by atoms with Gasteiger partial charge in [-0.1, -0.05) is 0 Å². The van der Waals surface area contributed by atoms with E-state index >= 15 is 0 Å². The monoisotopic (exact) mass is 552 g/mol. The lowest BCUT2D eigenvalue weighted by atomic mass is 9.82. The molecule has 1 rings (SSSR count). The molecule has 0 aliphatic rings. The predicted molar refractivity (Wildman–Crippen MR) is 61.6 cm³/mol. The Balaban J connectivity index is 4.36. The molecule has 0 fully saturated rings. The van der Waals surface area contributed by atoms with Crippen LogP contribution >= 0.6 is 0 Å². The van der Waals surface area contributed by atoms with Crippen LogP contribution in [0.5, 0.6) is 0 Å². The van der Waals surface area contributed by atoms with E-state index in [1.54, 1.807) is 0 Å². The molecule has 198 valence electrons. The molecular formula is C12F20N2. The van der Waals surface area contributed by atoms with Crippen LogP contribution < -0.4 is 0 Å². The van der Waals surface area contributed by atoms with Crippen molar-refractivity contribution in [3.8, 4) is 0 Å². The Morgan fingerprint density at radius 2 is 0.529 bits per heavy atom. The van der Waals surface area contributed by atoms with E-state index in [1.165, 1.54) is 10.2 Å². The molecule has 1 heterocycles. The molecule has 0 aliphatic heterocycles. The van der Waals surface area contributed by atoms with Crippen molar-refractivity contribution in [2.24, 2.45) is 0 Å². The first kappa shape index (κ1) is 29.7. The summed E-state index contributed by atoms with van der Waals surface area (Å²) < 4.78 is 262. The average molecular weight is 552 g/mol. The number of nitrogens with zero attached hydrogens (tertiary/aromatic N) is 2. The molecule has 0 unspecified atom stereocenters. The Labute approximate surface area is 170 Å². The molecule has 2 nitrogen and oxygen atoms in total. The van der Waals surface area contributed by atoms with Crippen LogP contribution in [0.15, 0.2) is 0 Å². The van der Waals surface area contributed by atoms with Crippen molar-refractivity contribution in [3.05, 3.63) is 23.0 Å². The Kier molecular flexibility index (Phi) is 6.63. The van der Waals surface area contributed by atoms with Crippen molar-refractivity contribution in [1.82, 2.24) is 10.2 Å². The van der Waals surface area contributed by atoms with Gasteiger partial charge in [0, 0.05) is 0 Å². The van der Waals surface area contributed by atoms with Gasteiger partial charge < -0.3 is 0 Å². The first-order valence-corrected chi connectivity index (χ1v) is 7.18. The molecule has 0 saturated heterocycles. The van der Waals surface area contributed by atoms with Gasteiger partial charge in [0.25, 0.3) is 0 Å². The molecular weight excluding hydrogens is 552 g/mol. The van der Waals surface area contributed by atoms with E-state index in [1.807, 2.05) is 0 Å². The second kappa shape index (κ2) is 7.59. The van der Waals surface area contributed by atoms with E-state index in [9.17, 15) is 87.8 Å². The number of hydrogen-bond donors (Lipinski definition) is 0. The second-order valence-electron chi connectivity index (χ2n) is 5.99. The highest BCUT2D eigenvalue weighted by atomic mass is 19.4. The zero-order valence-corrected chi connectivity index (χ0v) is 14.5. The highest BCUT2D eigenvalue weighted by molar-refractivity contribution is 5.38. The summed E-state index contributed by atoms with van der Waals surface area (Å²) in [4.78, 5) is 0. The van der Waals surface area contributed by atoms with Crippen LogP contribution in [0.2, 0.25) is 0 Å². The third-order valence-electron chi connectivity index (χ3n) is 3.94. The Morgan fingerprint density at radius 1 is 0.353 bits per heavy atom. The van der Waals surface area contributed by atoms with Gasteiger partial charge in [0.05, 0.1) is 11.1 Å². The third kappa shape index (κ3) is 3.75. The molecule has 0 aliphatic carbocycles. The lowest BCUT2D eigenvalue weighted by molar-refractivity contribution is -0.408. The van der Waals surface area contributed by atoms with Crippen LogP contribution in [0, 0.1) is 11.9 Å². The molecule has 0 aromatic carbocycles. The zero-order valence-electron chi connectivity index (χ0n) is 14.5. The van der Waals surface area contributed by atoms with Gasteiger partial charge in [0.2, 0.25) is 11.9 Å². The largest absolute Gasteiger partial charge is 0.438 e. The predicted octanol–water partition coefficient (Wildman–Crippen LogP) is 6.60. The van der Waals surface area contributed by atoms with Gasteiger partial charge in [0.1, 0.15) is 0 Å². The second-order valence-corrected chi connectivity index (χ2v) is 5.99. The van der Waals surface area contributed by atoms with Gasteiger partial charge in [-0.25, -0.2) is 8.78 Å². The highest BCUT2D eigenvalue weighted by Crippen LogP contribution is 2.63. The quantitative estimate of drug-likeness (QED) is 0.394. The fourth-order valence-electron chi connectivity index (χ4n) is 2.35. The van der Waals surface area contributed by atoms with Crippen molar-refractivity contribution < 1.29 is 87.8 Å². The zero-order chi connectivity index (χ0) is 27.7. The molecule has 22 heteroatoms. The number of alkyl halides is 18. The Morgan fingerprint density at radius 3 is 0.676 bits per heavy atom. The molecule has 0 atom stereocenters. The van der Waals surface area contributed by atoms with Crippen LogP contribution in [-0.2, 0) is 11.8 Å². The van der Waals surface area contributed by atoms with E-state index in [4.69, 9.17) is 0 Å². The molecule has 0 N–H and O–H groups in total. The average Bonchev–Trinajstić information content (AvgIpc) is 2.57. The fourth-order valence-corrected chi connectivity index (χ4v) is 2.35. The third-order valence-corrected chi connectivity index (χ3v) is 3.94. The van der Waals surface area contributed by atoms with Crippen LogP contribution in [0.3, 0.4) is 0 Å². The molecule has 0 saturated carbocycles. The number of aromatic nitrogens is 2. The Bertz CT molecular complexity index is 815. The molecule has 0 spiro atoms. The summed E-state index contributed by atoms with van der Waals surface area (Å²) in [5.74, 6) is -24.2. The summed E-state index contributed by atoms with van der Waals surface area (Å²) in [6.45, 7) is 0. The van der Waals surface area contributed by atoms with Gasteiger partial charge in [-0.15, -0.1) is 10.2 Å². The lowest BCUT2D eigenvalue weighted by Gasteiger charge is -2.39. The number of hydrogen-bond acceptors (Lipinski definition) is 2. The summed E-state index contributed by atoms with van der Waals surface area (Å²) in [5.41, 5.74) is -26.1. The van der Waals surface area contributed by atoms with Crippen molar-refractivity contribution in [2.75, 3.05) is 0 Å². The summed E-state index contributed by atoms with van der Waals surface area (Å²) in [7, 11) is 0. The standard InChI is InChI=1S/C12F20N2/c13-3-1(5(15,16)7(19,9(21,22)23)10(24,25)26)2(4(14)34-33-3)6(17,18)8(20,11(27,28)29)12(30,31)32. The van der Waals surface area contributed by atoms with Crippen LogP contribution in [0.4, 0.5) is 87.8 Å². The molecule has 0 radical (unpaired) electrons. The number of halogens is 20. The fraction of sp³-hybridized carbons (Fsp3) is 0.667. The SMILES string of the molecule is Fc1nnc(F)c(C(F)(F)C(F)(C(F)(F)F)C(F)(F)F)c1C(F)(F)C(F)(C(F)(F)F)C(F)(F)F. The van der Waals surface area contributed by atoms with Crippen LogP contribution in [0.25, 0.3) is 0 Å².